The summed E-state index contributed by atoms with van der Waals surface area (Å²) in [4.78, 5) is 11.8. The molecule has 0 aliphatic heterocycles. The van der Waals surface area contributed by atoms with Gasteiger partial charge in [-0.2, -0.15) is 0 Å². The van der Waals surface area contributed by atoms with Gasteiger partial charge in [-0.25, -0.2) is 4.39 Å². The van der Waals surface area contributed by atoms with Crippen molar-refractivity contribution >= 4 is 27.5 Å². The van der Waals surface area contributed by atoms with Gasteiger partial charge in [-0.1, -0.05) is 15.9 Å². The lowest BCUT2D eigenvalue weighted by atomic mass is 10.2. The average Bonchev–Trinajstić information content (AvgIpc) is 2.31. The fraction of sp³-hybridized carbons (Fsp3) is 0. The van der Waals surface area contributed by atoms with E-state index in [9.17, 15) is 19.4 Å². The van der Waals surface area contributed by atoms with Crippen molar-refractivity contribution in [2.45, 2.75) is 0 Å². The van der Waals surface area contributed by atoms with Crippen molar-refractivity contribution in [2.75, 3.05) is 5.32 Å². The van der Waals surface area contributed by atoms with Gasteiger partial charge in [0.15, 0.2) is 0 Å². The summed E-state index contributed by atoms with van der Waals surface area (Å²) in [6, 6.07) is 7.64. The zero-order chi connectivity index (χ0) is 14.0. The average molecular weight is 326 g/mol. The molecule has 0 bridgehead atoms. The van der Waals surface area contributed by atoms with E-state index in [4.69, 9.17) is 0 Å². The van der Waals surface area contributed by atoms with Gasteiger partial charge in [0.25, 0.3) is 5.91 Å². The van der Waals surface area contributed by atoms with Crippen molar-refractivity contribution in [3.05, 3.63) is 52.3 Å². The second-order valence-electron chi connectivity index (χ2n) is 3.82. The van der Waals surface area contributed by atoms with Crippen molar-refractivity contribution in [3.63, 3.8) is 0 Å². The van der Waals surface area contributed by atoms with Crippen LogP contribution < -0.4 is 5.32 Å². The van der Waals surface area contributed by atoms with Gasteiger partial charge >= 0.3 is 0 Å². The quantitative estimate of drug-likeness (QED) is 0.793. The second-order valence-corrected chi connectivity index (χ2v) is 4.73. The Labute approximate surface area is 116 Å². The first-order valence-corrected chi connectivity index (χ1v) is 6.04. The number of hydrogen-bond donors (Lipinski definition) is 3. The second kappa shape index (κ2) is 5.27. The number of benzene rings is 2. The summed E-state index contributed by atoms with van der Waals surface area (Å²) in [5.41, 5.74) is 0.0378. The first-order chi connectivity index (χ1) is 8.95. The molecule has 19 heavy (non-hydrogen) atoms. The third kappa shape index (κ3) is 3.23. The molecule has 0 aliphatic carbocycles. The zero-order valence-corrected chi connectivity index (χ0v) is 11.1. The van der Waals surface area contributed by atoms with Crippen LogP contribution in [0.2, 0.25) is 0 Å². The van der Waals surface area contributed by atoms with Gasteiger partial charge < -0.3 is 15.5 Å². The predicted octanol–water partition coefficient (Wildman–Crippen LogP) is 3.25. The Kier molecular flexibility index (Phi) is 3.71. The van der Waals surface area contributed by atoms with E-state index in [1.165, 1.54) is 24.3 Å². The maximum atomic E-state index is 13.5. The highest BCUT2D eigenvalue weighted by Crippen LogP contribution is 2.23. The van der Waals surface area contributed by atoms with E-state index in [1.807, 2.05) is 0 Å². The minimum atomic E-state index is -0.632. The standard InChI is InChI=1S/C13H9BrFNO3/c14-8-1-2-12(11(15)5-8)16-13(19)7-3-9(17)6-10(18)4-7/h1-6,17-18H,(H,16,19). The molecule has 2 aromatic rings. The largest absolute Gasteiger partial charge is 0.508 e. The van der Waals surface area contributed by atoms with E-state index in [2.05, 4.69) is 21.2 Å². The van der Waals surface area contributed by atoms with Crippen molar-refractivity contribution < 1.29 is 19.4 Å². The highest BCUT2D eigenvalue weighted by atomic mass is 79.9. The third-order valence-electron chi connectivity index (χ3n) is 2.34. The van der Waals surface area contributed by atoms with Gasteiger partial charge in [0.05, 0.1) is 5.69 Å². The number of amides is 1. The minimum Gasteiger partial charge on any atom is -0.508 e. The Balaban J connectivity index is 2.25. The van der Waals surface area contributed by atoms with Gasteiger partial charge in [0.2, 0.25) is 0 Å². The maximum Gasteiger partial charge on any atom is 0.256 e. The normalized spacial score (nSPS) is 10.2. The lowest BCUT2D eigenvalue weighted by Gasteiger charge is -2.07. The fourth-order valence-electron chi connectivity index (χ4n) is 1.51. The molecule has 2 aromatic carbocycles. The van der Waals surface area contributed by atoms with Gasteiger partial charge in [-0.05, 0) is 30.3 Å². The molecule has 2 rings (SSSR count). The topological polar surface area (TPSA) is 69.6 Å². The number of phenols is 2. The molecule has 6 heteroatoms. The number of hydrogen-bond acceptors (Lipinski definition) is 3. The van der Waals surface area contributed by atoms with E-state index in [0.29, 0.717) is 4.47 Å². The molecule has 0 atom stereocenters. The van der Waals surface area contributed by atoms with Crippen LogP contribution in [0.5, 0.6) is 11.5 Å². The summed E-state index contributed by atoms with van der Waals surface area (Å²) in [7, 11) is 0. The molecule has 98 valence electrons. The van der Waals surface area contributed by atoms with Gasteiger partial charge in [-0.15, -0.1) is 0 Å². The van der Waals surface area contributed by atoms with Crippen molar-refractivity contribution in [1.29, 1.82) is 0 Å². The van der Waals surface area contributed by atoms with E-state index < -0.39 is 11.7 Å². The van der Waals surface area contributed by atoms with Crippen LogP contribution in [0.15, 0.2) is 40.9 Å². The molecule has 0 saturated carbocycles. The van der Waals surface area contributed by atoms with Crippen LogP contribution in [-0.4, -0.2) is 16.1 Å². The third-order valence-corrected chi connectivity index (χ3v) is 2.84. The number of halogens is 2. The first kappa shape index (κ1) is 13.4. The SMILES string of the molecule is O=C(Nc1ccc(Br)cc1F)c1cc(O)cc(O)c1. The van der Waals surface area contributed by atoms with Crippen molar-refractivity contribution in [2.24, 2.45) is 0 Å². The molecule has 0 fully saturated rings. The summed E-state index contributed by atoms with van der Waals surface area (Å²) >= 11 is 3.11. The fourth-order valence-corrected chi connectivity index (χ4v) is 1.84. The number of nitrogens with one attached hydrogen (secondary N) is 1. The Morgan fingerprint density at radius 1 is 1.11 bits per heavy atom. The number of carbonyl (C=O) groups excluding carboxylic acids is 1. The lowest BCUT2D eigenvalue weighted by molar-refractivity contribution is 0.102. The summed E-state index contributed by atoms with van der Waals surface area (Å²) in [6.45, 7) is 0. The Morgan fingerprint density at radius 2 is 1.74 bits per heavy atom. The molecule has 1 amide bonds. The Morgan fingerprint density at radius 3 is 2.32 bits per heavy atom. The predicted molar refractivity (Wildman–Crippen MR) is 71.8 cm³/mol. The van der Waals surface area contributed by atoms with Crippen LogP contribution >= 0.6 is 15.9 Å². The van der Waals surface area contributed by atoms with E-state index in [-0.39, 0.29) is 22.7 Å². The number of carbonyl (C=O) groups is 1. The van der Waals surface area contributed by atoms with Crippen LogP contribution in [0.1, 0.15) is 10.4 Å². The van der Waals surface area contributed by atoms with Crippen LogP contribution in [0.3, 0.4) is 0 Å². The van der Waals surface area contributed by atoms with E-state index >= 15 is 0 Å². The molecule has 0 heterocycles. The molecule has 0 radical (unpaired) electrons. The minimum absolute atomic E-state index is 0.0102. The molecule has 0 saturated heterocycles. The van der Waals surface area contributed by atoms with Crippen LogP contribution in [-0.2, 0) is 0 Å². The number of phenolic OH excluding ortho intramolecular Hbond substituents is 2. The molecular formula is C13H9BrFNO3. The monoisotopic (exact) mass is 325 g/mol. The van der Waals surface area contributed by atoms with E-state index in [0.717, 1.165) is 6.07 Å². The summed E-state index contributed by atoms with van der Waals surface area (Å²) in [6.07, 6.45) is 0. The molecule has 0 aliphatic rings. The Hall–Kier alpha value is -2.08. The van der Waals surface area contributed by atoms with Crippen LogP contribution in [0, 0.1) is 5.82 Å². The van der Waals surface area contributed by atoms with Gasteiger partial charge in [-0.3, -0.25) is 4.79 Å². The van der Waals surface area contributed by atoms with Gasteiger partial charge in [0.1, 0.15) is 17.3 Å². The highest BCUT2D eigenvalue weighted by Gasteiger charge is 2.11. The summed E-state index contributed by atoms with van der Waals surface area (Å²) in [5.74, 6) is -1.72. The first-order valence-electron chi connectivity index (χ1n) is 5.25. The molecule has 0 aromatic heterocycles. The van der Waals surface area contributed by atoms with Crippen molar-refractivity contribution in [1.82, 2.24) is 0 Å². The van der Waals surface area contributed by atoms with Gasteiger partial charge in [0, 0.05) is 16.1 Å². The lowest BCUT2D eigenvalue weighted by Crippen LogP contribution is -2.12. The Bertz CT molecular complexity index is 626. The maximum absolute atomic E-state index is 13.5. The number of aromatic hydroxyl groups is 2. The smallest absolute Gasteiger partial charge is 0.256 e. The molecular weight excluding hydrogens is 317 g/mol. The van der Waals surface area contributed by atoms with Crippen LogP contribution in [0.25, 0.3) is 0 Å². The number of rotatable bonds is 2. The highest BCUT2D eigenvalue weighted by molar-refractivity contribution is 9.10. The van der Waals surface area contributed by atoms with Crippen molar-refractivity contribution in [3.8, 4) is 11.5 Å². The molecule has 0 spiro atoms. The zero-order valence-electron chi connectivity index (χ0n) is 9.52. The van der Waals surface area contributed by atoms with E-state index in [1.54, 1.807) is 6.07 Å². The summed E-state index contributed by atoms with van der Waals surface area (Å²) in [5, 5.41) is 20.9. The molecule has 3 N–H and O–H groups in total. The number of anilines is 1. The van der Waals surface area contributed by atoms with Crippen LogP contribution in [0.4, 0.5) is 10.1 Å². The molecule has 0 unspecified atom stereocenters. The summed E-state index contributed by atoms with van der Waals surface area (Å²) < 4.78 is 14.1. The molecule has 4 nitrogen and oxygen atoms in total.